The van der Waals surface area contributed by atoms with Gasteiger partial charge in [-0.3, -0.25) is 0 Å². The number of alkyl halides is 2. The summed E-state index contributed by atoms with van der Waals surface area (Å²) in [6, 6.07) is -3.08. The Morgan fingerprint density at radius 2 is 1.33 bits per heavy atom. The van der Waals surface area contributed by atoms with Gasteiger partial charge in [0.1, 0.15) is 12.3 Å². The van der Waals surface area contributed by atoms with Crippen LogP contribution in [-0.4, -0.2) is 18.3 Å². The first kappa shape index (κ1) is 8.05. The first-order valence-corrected chi connectivity index (χ1v) is 7.40. The van der Waals surface area contributed by atoms with Crippen LogP contribution in [0.1, 0.15) is 0 Å². The van der Waals surface area contributed by atoms with Crippen LogP contribution in [0.2, 0.25) is 5.54 Å². The molecule has 1 aliphatic carbocycles. The molecule has 1 aliphatic rings. The topological polar surface area (TPSA) is 0 Å². The van der Waals surface area contributed by atoms with E-state index in [-0.39, 0.29) is 0 Å². The second-order valence-electron chi connectivity index (χ2n) is 1.96. The molecule has 0 aromatic rings. The van der Waals surface area contributed by atoms with Crippen molar-refractivity contribution in [3.05, 3.63) is 0 Å². The van der Waals surface area contributed by atoms with Gasteiger partial charge < -0.3 is 0 Å². The fourth-order valence-corrected chi connectivity index (χ4v) is 3.75. The summed E-state index contributed by atoms with van der Waals surface area (Å²) in [5.74, 6) is 0. The predicted octanol–water partition coefficient (Wildman–Crippen LogP) is 2.70. The standard InChI is InChI=1S/C3H3Cl3F2Si/c4-9(5,6)3-1(7)2(3)8/h1-3H. The van der Waals surface area contributed by atoms with Crippen LogP contribution in [0.5, 0.6) is 0 Å². The molecule has 0 amide bonds. The molecular weight excluding hydrogens is 208 g/mol. The Hall–Kier alpha value is 0.947. The normalized spacial score (nSPS) is 43.0. The monoisotopic (exact) mass is 210 g/mol. The first-order valence-electron chi connectivity index (χ1n) is 2.29. The van der Waals surface area contributed by atoms with Crippen molar-refractivity contribution in [2.75, 3.05) is 0 Å². The minimum Gasteiger partial charge on any atom is -0.244 e. The Balaban J connectivity index is 2.50. The van der Waals surface area contributed by atoms with Gasteiger partial charge in [-0.15, -0.1) is 33.2 Å². The van der Waals surface area contributed by atoms with Crippen molar-refractivity contribution in [1.29, 1.82) is 0 Å². The summed E-state index contributed by atoms with van der Waals surface area (Å²) < 4.78 is 24.1. The summed E-state index contributed by atoms with van der Waals surface area (Å²) in [6.07, 6.45) is -3.05. The van der Waals surface area contributed by atoms with Crippen molar-refractivity contribution < 1.29 is 8.78 Å². The van der Waals surface area contributed by atoms with Crippen LogP contribution in [0.25, 0.3) is 0 Å². The lowest BCUT2D eigenvalue weighted by molar-refractivity contribution is 0.372. The maximum Gasteiger partial charge on any atom is 0.350 e. The summed E-state index contributed by atoms with van der Waals surface area (Å²) >= 11 is 15.9. The molecule has 1 rings (SSSR count). The van der Waals surface area contributed by atoms with Gasteiger partial charge in [-0.1, -0.05) is 0 Å². The lowest BCUT2D eigenvalue weighted by Crippen LogP contribution is -2.11. The number of hydrogen-bond acceptors (Lipinski definition) is 0. The van der Waals surface area contributed by atoms with Crippen molar-refractivity contribution in [2.24, 2.45) is 0 Å². The molecule has 0 N–H and O–H groups in total. The minimum atomic E-state index is -3.08. The van der Waals surface area contributed by atoms with Gasteiger partial charge in [0.05, 0.1) is 5.54 Å². The molecule has 1 fully saturated rings. The molecule has 54 valence electrons. The molecule has 6 heteroatoms. The van der Waals surface area contributed by atoms with E-state index in [1.807, 2.05) is 0 Å². The fourth-order valence-electron chi connectivity index (χ4n) is 0.601. The van der Waals surface area contributed by atoms with Gasteiger partial charge >= 0.3 is 6.00 Å². The second kappa shape index (κ2) is 2.22. The van der Waals surface area contributed by atoms with Crippen molar-refractivity contribution >= 4 is 39.2 Å². The molecule has 0 heterocycles. The maximum atomic E-state index is 12.1. The van der Waals surface area contributed by atoms with E-state index in [2.05, 4.69) is 0 Å². The molecular formula is C3H3Cl3F2Si. The minimum absolute atomic E-state index is 0.914. The number of rotatable bonds is 1. The lowest BCUT2D eigenvalue weighted by atomic mass is 10.9. The highest BCUT2D eigenvalue weighted by atomic mass is 35.8. The third-order valence-corrected chi connectivity index (χ3v) is 4.89. The molecule has 2 atom stereocenters. The Morgan fingerprint density at radius 1 is 1.00 bits per heavy atom. The van der Waals surface area contributed by atoms with Crippen LogP contribution < -0.4 is 0 Å². The molecule has 0 bridgehead atoms. The lowest BCUT2D eigenvalue weighted by Gasteiger charge is -2.01. The Bertz CT molecular complexity index is 117. The summed E-state index contributed by atoms with van der Waals surface area (Å²) in [4.78, 5) is 0. The van der Waals surface area contributed by atoms with Gasteiger partial charge in [0.25, 0.3) is 0 Å². The molecule has 0 saturated heterocycles. The Labute approximate surface area is 66.2 Å². The van der Waals surface area contributed by atoms with Gasteiger partial charge in [-0.25, -0.2) is 8.78 Å². The van der Waals surface area contributed by atoms with E-state index in [1.54, 1.807) is 0 Å². The van der Waals surface area contributed by atoms with E-state index in [4.69, 9.17) is 33.2 Å². The van der Waals surface area contributed by atoms with Gasteiger partial charge in [0.2, 0.25) is 0 Å². The molecule has 0 radical (unpaired) electrons. The van der Waals surface area contributed by atoms with E-state index >= 15 is 0 Å². The van der Waals surface area contributed by atoms with Crippen LogP contribution in [0, 0.1) is 0 Å². The summed E-state index contributed by atoms with van der Waals surface area (Å²) in [5.41, 5.74) is -0.914. The SMILES string of the molecule is FC1C(F)C1[Si](Cl)(Cl)Cl. The van der Waals surface area contributed by atoms with Gasteiger partial charge in [0, 0.05) is 0 Å². The number of hydrogen-bond donors (Lipinski definition) is 0. The molecule has 0 aliphatic heterocycles. The highest BCUT2D eigenvalue weighted by molar-refractivity contribution is 7.65. The van der Waals surface area contributed by atoms with Crippen LogP contribution >= 0.6 is 33.2 Å². The summed E-state index contributed by atoms with van der Waals surface area (Å²) in [6.45, 7) is 0. The average Bonchev–Trinajstić information content (AvgIpc) is 2.11. The van der Waals surface area contributed by atoms with Crippen LogP contribution in [0.15, 0.2) is 0 Å². The third kappa shape index (κ3) is 1.50. The number of halogens is 5. The summed E-state index contributed by atoms with van der Waals surface area (Å²) in [5, 5.41) is 0. The highest BCUT2D eigenvalue weighted by Crippen LogP contribution is 2.55. The zero-order valence-corrected chi connectivity index (χ0v) is 7.39. The largest absolute Gasteiger partial charge is 0.350 e. The van der Waals surface area contributed by atoms with E-state index in [1.165, 1.54) is 0 Å². The van der Waals surface area contributed by atoms with E-state index < -0.39 is 23.9 Å². The zero-order chi connectivity index (χ0) is 7.23. The first-order chi connectivity index (χ1) is 3.94. The van der Waals surface area contributed by atoms with Gasteiger partial charge in [-0.05, 0) is 0 Å². The van der Waals surface area contributed by atoms with Gasteiger partial charge in [0.15, 0.2) is 0 Å². The second-order valence-corrected chi connectivity index (χ2v) is 10.8. The molecule has 0 spiro atoms. The van der Waals surface area contributed by atoms with E-state index in [0.717, 1.165) is 0 Å². The predicted molar refractivity (Wildman–Crippen MR) is 36.9 cm³/mol. The fraction of sp³-hybridized carbons (Fsp3) is 1.00. The van der Waals surface area contributed by atoms with Gasteiger partial charge in [-0.2, -0.15) is 0 Å². The van der Waals surface area contributed by atoms with Crippen molar-refractivity contribution in [2.45, 2.75) is 17.9 Å². The molecule has 0 aromatic heterocycles. The molecule has 0 aromatic carbocycles. The summed E-state index contributed by atoms with van der Waals surface area (Å²) in [7, 11) is 0. The van der Waals surface area contributed by atoms with Crippen LogP contribution in [0.3, 0.4) is 0 Å². The Kier molecular flexibility index (Phi) is 1.99. The molecule has 2 unspecified atom stereocenters. The molecule has 9 heavy (non-hydrogen) atoms. The van der Waals surface area contributed by atoms with Crippen LogP contribution in [0.4, 0.5) is 8.78 Å². The van der Waals surface area contributed by atoms with E-state index in [9.17, 15) is 8.78 Å². The average molecular weight is 211 g/mol. The molecule has 0 nitrogen and oxygen atoms in total. The van der Waals surface area contributed by atoms with E-state index in [0.29, 0.717) is 0 Å². The van der Waals surface area contributed by atoms with Crippen molar-refractivity contribution in [1.82, 2.24) is 0 Å². The van der Waals surface area contributed by atoms with Crippen LogP contribution in [-0.2, 0) is 0 Å². The highest BCUT2D eigenvalue weighted by Gasteiger charge is 2.64. The van der Waals surface area contributed by atoms with Crippen molar-refractivity contribution in [3.63, 3.8) is 0 Å². The quantitative estimate of drug-likeness (QED) is 0.462. The smallest absolute Gasteiger partial charge is 0.244 e. The third-order valence-electron chi connectivity index (χ3n) is 1.23. The van der Waals surface area contributed by atoms with Crippen molar-refractivity contribution in [3.8, 4) is 0 Å². The maximum absolute atomic E-state index is 12.1. The zero-order valence-electron chi connectivity index (χ0n) is 4.12. The Morgan fingerprint density at radius 3 is 1.33 bits per heavy atom. The molecule has 1 saturated carbocycles.